The molecule has 0 saturated carbocycles. The third-order valence-corrected chi connectivity index (χ3v) is 3.98. The highest BCUT2D eigenvalue weighted by atomic mass is 35.5. The van der Waals surface area contributed by atoms with Gasteiger partial charge in [0.15, 0.2) is 13.2 Å². The Morgan fingerprint density at radius 2 is 1.74 bits per heavy atom. The highest BCUT2D eigenvalue weighted by Crippen LogP contribution is 2.31. The van der Waals surface area contributed by atoms with Gasteiger partial charge >= 0.3 is 5.97 Å². The van der Waals surface area contributed by atoms with Crippen LogP contribution in [0.2, 0.25) is 5.02 Å². The van der Waals surface area contributed by atoms with Gasteiger partial charge in [0.25, 0.3) is 5.91 Å². The molecule has 5 nitrogen and oxygen atoms in total. The number of carbonyl (C=O) groups is 2. The van der Waals surface area contributed by atoms with E-state index in [-0.39, 0.29) is 12.3 Å². The molecule has 0 bridgehead atoms. The summed E-state index contributed by atoms with van der Waals surface area (Å²) in [5, 5.41) is 4.58. The van der Waals surface area contributed by atoms with E-state index in [0.717, 1.165) is 16.8 Å². The van der Waals surface area contributed by atoms with Gasteiger partial charge < -0.3 is 14.8 Å². The number of hydrogen-bond donors (Lipinski definition) is 1. The van der Waals surface area contributed by atoms with Crippen molar-refractivity contribution in [3.8, 4) is 5.75 Å². The Kier molecular flexibility index (Phi) is 5.88. The molecule has 0 saturated heterocycles. The maximum Gasteiger partial charge on any atom is 0.344 e. The molecule has 0 fully saturated rings. The van der Waals surface area contributed by atoms with Crippen molar-refractivity contribution in [1.82, 2.24) is 0 Å². The van der Waals surface area contributed by atoms with Crippen molar-refractivity contribution in [1.29, 1.82) is 0 Å². The third kappa shape index (κ3) is 4.95. The Hall–Kier alpha value is -3.12. The molecule has 0 aliphatic carbocycles. The van der Waals surface area contributed by atoms with E-state index in [4.69, 9.17) is 21.1 Å². The predicted octanol–water partition coefficient (Wildman–Crippen LogP) is 4.19. The first-order chi connectivity index (χ1) is 13.0. The second kappa shape index (κ2) is 8.51. The molecule has 0 atom stereocenters. The summed E-state index contributed by atoms with van der Waals surface area (Å²) in [5.74, 6) is -1.28. The van der Waals surface area contributed by atoms with Crippen LogP contribution in [0.25, 0.3) is 10.8 Å². The van der Waals surface area contributed by atoms with E-state index >= 15 is 0 Å². The first kappa shape index (κ1) is 18.7. The van der Waals surface area contributed by atoms with Crippen molar-refractivity contribution in [2.45, 2.75) is 0 Å². The normalized spacial score (nSPS) is 10.4. The van der Waals surface area contributed by atoms with E-state index < -0.39 is 24.3 Å². The number of amides is 1. The van der Waals surface area contributed by atoms with Gasteiger partial charge in [-0.05, 0) is 30.3 Å². The Labute approximate surface area is 159 Å². The monoisotopic (exact) mass is 387 g/mol. The molecule has 0 aliphatic heterocycles. The number of rotatable bonds is 6. The summed E-state index contributed by atoms with van der Waals surface area (Å²) in [7, 11) is 0. The van der Waals surface area contributed by atoms with E-state index in [0.29, 0.717) is 10.8 Å². The highest BCUT2D eigenvalue weighted by molar-refractivity contribution is 6.35. The molecule has 1 N–H and O–H groups in total. The molecule has 3 aromatic carbocycles. The molecule has 0 aliphatic rings. The van der Waals surface area contributed by atoms with Crippen LogP contribution in [0.3, 0.4) is 0 Å². The number of benzene rings is 3. The molecule has 7 heteroatoms. The number of hydrogen-bond acceptors (Lipinski definition) is 4. The zero-order chi connectivity index (χ0) is 19.2. The predicted molar refractivity (Wildman–Crippen MR) is 100 cm³/mol. The van der Waals surface area contributed by atoms with Crippen LogP contribution >= 0.6 is 11.6 Å². The van der Waals surface area contributed by atoms with E-state index in [1.54, 1.807) is 12.1 Å². The van der Waals surface area contributed by atoms with Gasteiger partial charge in [-0.15, -0.1) is 0 Å². The average molecular weight is 388 g/mol. The second-order valence-corrected chi connectivity index (χ2v) is 6.01. The van der Waals surface area contributed by atoms with Gasteiger partial charge in [0, 0.05) is 21.5 Å². The number of anilines is 1. The van der Waals surface area contributed by atoms with Crippen molar-refractivity contribution in [2.75, 3.05) is 18.5 Å². The summed E-state index contributed by atoms with van der Waals surface area (Å²) in [6.07, 6.45) is 0. The van der Waals surface area contributed by atoms with E-state index in [1.165, 1.54) is 18.2 Å². The van der Waals surface area contributed by atoms with Crippen LogP contribution in [-0.4, -0.2) is 25.1 Å². The van der Waals surface area contributed by atoms with Crippen molar-refractivity contribution in [3.63, 3.8) is 0 Å². The summed E-state index contributed by atoms with van der Waals surface area (Å²) in [6, 6.07) is 16.1. The number of halogens is 2. The van der Waals surface area contributed by atoms with Crippen LogP contribution in [0.1, 0.15) is 0 Å². The molecular weight excluding hydrogens is 373 g/mol. The van der Waals surface area contributed by atoms with Crippen LogP contribution < -0.4 is 10.1 Å². The maximum atomic E-state index is 13.1. The third-order valence-electron chi connectivity index (χ3n) is 3.65. The molecule has 138 valence electrons. The molecule has 0 radical (unpaired) electrons. The number of carbonyl (C=O) groups excluding carboxylic acids is 2. The number of ether oxygens (including phenoxy) is 2. The van der Waals surface area contributed by atoms with Gasteiger partial charge in [-0.2, -0.15) is 0 Å². The summed E-state index contributed by atoms with van der Waals surface area (Å²) >= 11 is 6.14. The van der Waals surface area contributed by atoms with Gasteiger partial charge in [0.2, 0.25) is 0 Å². The van der Waals surface area contributed by atoms with Gasteiger partial charge in [0.05, 0.1) is 0 Å². The zero-order valence-electron chi connectivity index (χ0n) is 14.1. The van der Waals surface area contributed by atoms with E-state index in [1.807, 2.05) is 24.3 Å². The zero-order valence-corrected chi connectivity index (χ0v) is 14.8. The molecule has 0 heterocycles. The molecule has 0 spiro atoms. The van der Waals surface area contributed by atoms with Crippen molar-refractivity contribution < 1.29 is 23.5 Å². The standard InChI is InChI=1S/C20H15ClFNO4/c21-17-8-9-18(16-7-2-1-6-15(16)17)26-12-20(25)27-11-19(24)23-14-5-3-4-13(22)10-14/h1-10H,11-12H2,(H,23,24). The maximum absolute atomic E-state index is 13.1. The van der Waals surface area contributed by atoms with Crippen LogP contribution in [0.4, 0.5) is 10.1 Å². The molecule has 3 aromatic rings. The summed E-state index contributed by atoms with van der Waals surface area (Å²) in [4.78, 5) is 23.6. The Morgan fingerprint density at radius 1 is 0.963 bits per heavy atom. The van der Waals surface area contributed by atoms with Crippen molar-refractivity contribution in [2.24, 2.45) is 0 Å². The van der Waals surface area contributed by atoms with Crippen molar-refractivity contribution in [3.05, 3.63) is 71.5 Å². The van der Waals surface area contributed by atoms with Crippen LogP contribution in [-0.2, 0) is 14.3 Å². The van der Waals surface area contributed by atoms with Crippen LogP contribution in [0.5, 0.6) is 5.75 Å². The number of esters is 1. The second-order valence-electron chi connectivity index (χ2n) is 5.60. The largest absolute Gasteiger partial charge is 0.481 e. The number of nitrogens with one attached hydrogen (secondary N) is 1. The van der Waals surface area contributed by atoms with E-state index in [2.05, 4.69) is 5.32 Å². The van der Waals surface area contributed by atoms with Gasteiger partial charge in [-0.1, -0.05) is 41.9 Å². The first-order valence-electron chi connectivity index (χ1n) is 8.04. The van der Waals surface area contributed by atoms with Gasteiger partial charge in [0.1, 0.15) is 11.6 Å². The topological polar surface area (TPSA) is 64.6 Å². The first-order valence-corrected chi connectivity index (χ1v) is 8.42. The molecule has 0 aromatic heterocycles. The van der Waals surface area contributed by atoms with Crippen LogP contribution in [0.15, 0.2) is 60.7 Å². The molecule has 27 heavy (non-hydrogen) atoms. The van der Waals surface area contributed by atoms with Crippen LogP contribution in [0, 0.1) is 5.82 Å². The van der Waals surface area contributed by atoms with Gasteiger partial charge in [-0.3, -0.25) is 4.79 Å². The molecule has 0 unspecified atom stereocenters. The van der Waals surface area contributed by atoms with Gasteiger partial charge in [-0.25, -0.2) is 9.18 Å². The molecule has 3 rings (SSSR count). The Balaban J connectivity index is 1.52. The summed E-state index contributed by atoms with van der Waals surface area (Å²) < 4.78 is 23.4. The lowest BCUT2D eigenvalue weighted by atomic mass is 10.1. The quantitative estimate of drug-likeness (QED) is 0.644. The highest BCUT2D eigenvalue weighted by Gasteiger charge is 2.11. The molecule has 1 amide bonds. The lowest BCUT2D eigenvalue weighted by Crippen LogP contribution is -2.23. The fourth-order valence-electron chi connectivity index (χ4n) is 2.45. The minimum Gasteiger partial charge on any atom is -0.481 e. The minimum absolute atomic E-state index is 0.278. The fourth-order valence-corrected chi connectivity index (χ4v) is 2.68. The lowest BCUT2D eigenvalue weighted by Gasteiger charge is -2.10. The molecular formula is C20H15ClFNO4. The fraction of sp³-hybridized carbons (Fsp3) is 0.100. The average Bonchev–Trinajstić information content (AvgIpc) is 2.66. The summed E-state index contributed by atoms with van der Waals surface area (Å²) in [6.45, 7) is -0.862. The Morgan fingerprint density at radius 3 is 2.52 bits per heavy atom. The number of fused-ring (bicyclic) bond motifs is 1. The summed E-state index contributed by atoms with van der Waals surface area (Å²) in [5.41, 5.74) is 0.278. The smallest absolute Gasteiger partial charge is 0.344 e. The Bertz CT molecular complexity index is 993. The SMILES string of the molecule is O=C(COC(=O)COc1ccc(Cl)c2ccccc12)Nc1cccc(F)c1. The van der Waals surface area contributed by atoms with Crippen molar-refractivity contribution >= 4 is 39.9 Å². The minimum atomic E-state index is -0.705. The lowest BCUT2D eigenvalue weighted by molar-refractivity contribution is -0.149. The van der Waals surface area contributed by atoms with E-state index in [9.17, 15) is 14.0 Å².